The summed E-state index contributed by atoms with van der Waals surface area (Å²) in [5.74, 6) is -1.24. The number of rotatable bonds is 4. The Balaban J connectivity index is 2.02. The molecule has 0 unspecified atom stereocenters. The molecule has 108 valence electrons. The molecule has 0 atom stereocenters. The molecule has 0 aliphatic heterocycles. The van der Waals surface area contributed by atoms with Gasteiger partial charge in [-0.1, -0.05) is 15.9 Å². The van der Waals surface area contributed by atoms with E-state index in [1.165, 1.54) is 4.90 Å². The number of aliphatic hydroxyl groups excluding tert-OH is 1. The maximum atomic E-state index is 12.1. The first-order chi connectivity index (χ1) is 9.52. The lowest BCUT2D eigenvalue weighted by molar-refractivity contribution is -0.143. The van der Waals surface area contributed by atoms with Crippen molar-refractivity contribution in [2.45, 2.75) is 25.8 Å². The van der Waals surface area contributed by atoms with Gasteiger partial charge in [0.2, 0.25) is 0 Å². The molecule has 20 heavy (non-hydrogen) atoms. The van der Waals surface area contributed by atoms with Gasteiger partial charge < -0.3 is 15.3 Å². The number of hydrogen-bond acceptors (Lipinski definition) is 3. The fraction of sp³-hybridized carbons (Fsp3) is 0.429. The second-order valence-corrected chi connectivity index (χ2v) is 5.73. The van der Waals surface area contributed by atoms with Crippen LogP contribution in [0, 0.1) is 6.92 Å². The lowest BCUT2D eigenvalue weighted by Crippen LogP contribution is -2.42. The highest BCUT2D eigenvalue weighted by Crippen LogP contribution is 2.27. The lowest BCUT2D eigenvalue weighted by Gasteiger charge is -2.20. The zero-order valence-corrected chi connectivity index (χ0v) is 12.8. The molecule has 6 heteroatoms. The predicted molar refractivity (Wildman–Crippen MR) is 79.3 cm³/mol. The first-order valence-corrected chi connectivity index (χ1v) is 7.31. The van der Waals surface area contributed by atoms with E-state index in [1.54, 1.807) is 12.1 Å². The number of hydrogen-bond donors (Lipinski definition) is 2. The monoisotopic (exact) mass is 340 g/mol. The van der Waals surface area contributed by atoms with E-state index >= 15 is 0 Å². The fourth-order valence-corrected chi connectivity index (χ4v) is 2.23. The minimum Gasteiger partial charge on any atom is -0.395 e. The van der Waals surface area contributed by atoms with Gasteiger partial charge in [-0.25, -0.2) is 0 Å². The van der Waals surface area contributed by atoms with E-state index in [4.69, 9.17) is 5.11 Å². The summed E-state index contributed by atoms with van der Waals surface area (Å²) in [5, 5.41) is 11.6. The summed E-state index contributed by atoms with van der Waals surface area (Å²) in [5.41, 5.74) is 1.56. The summed E-state index contributed by atoms with van der Waals surface area (Å²) < 4.78 is 0.946. The Morgan fingerprint density at radius 2 is 2.15 bits per heavy atom. The Kier molecular flexibility index (Phi) is 4.77. The van der Waals surface area contributed by atoms with Crippen LogP contribution in [0.3, 0.4) is 0 Å². The van der Waals surface area contributed by atoms with Crippen molar-refractivity contribution in [2.75, 3.05) is 18.5 Å². The molecule has 5 nitrogen and oxygen atoms in total. The maximum Gasteiger partial charge on any atom is 0.313 e. The third-order valence-corrected chi connectivity index (χ3v) is 4.09. The number of carbonyl (C=O) groups is 2. The van der Waals surface area contributed by atoms with E-state index in [0.717, 1.165) is 22.9 Å². The van der Waals surface area contributed by atoms with Crippen LogP contribution in [-0.2, 0) is 9.59 Å². The van der Waals surface area contributed by atoms with Gasteiger partial charge in [-0.05, 0) is 43.5 Å². The molecule has 1 aliphatic carbocycles. The standard InChI is InChI=1S/C14H17BrN2O3/c1-9-8-10(2-5-12(9)15)16-13(19)14(20)17(6-7-18)11-3-4-11/h2,5,8,11,18H,3-4,6-7H2,1H3,(H,16,19). The van der Waals surface area contributed by atoms with Gasteiger partial charge in [-0.2, -0.15) is 0 Å². The number of halogens is 1. The van der Waals surface area contributed by atoms with Gasteiger partial charge in [0.15, 0.2) is 0 Å². The molecule has 1 aromatic rings. The van der Waals surface area contributed by atoms with Crippen molar-refractivity contribution in [1.29, 1.82) is 0 Å². The van der Waals surface area contributed by atoms with Gasteiger partial charge in [0.1, 0.15) is 0 Å². The Bertz CT molecular complexity index is 529. The second kappa shape index (κ2) is 6.37. The smallest absolute Gasteiger partial charge is 0.313 e. The zero-order valence-electron chi connectivity index (χ0n) is 11.2. The number of carbonyl (C=O) groups excluding carboxylic acids is 2. The van der Waals surface area contributed by atoms with Crippen molar-refractivity contribution >= 4 is 33.4 Å². The Labute approximate surface area is 126 Å². The third kappa shape index (κ3) is 3.58. The number of nitrogens with zero attached hydrogens (tertiary/aromatic N) is 1. The number of aliphatic hydroxyl groups is 1. The number of amides is 2. The minimum absolute atomic E-state index is 0.104. The van der Waals surface area contributed by atoms with E-state index in [2.05, 4.69) is 21.2 Å². The van der Waals surface area contributed by atoms with Gasteiger partial charge in [0.05, 0.1) is 6.61 Å². The van der Waals surface area contributed by atoms with Crippen LogP contribution in [0.15, 0.2) is 22.7 Å². The highest BCUT2D eigenvalue weighted by atomic mass is 79.9. The average Bonchev–Trinajstić information content (AvgIpc) is 3.24. The highest BCUT2D eigenvalue weighted by Gasteiger charge is 2.35. The molecule has 1 fully saturated rings. The van der Waals surface area contributed by atoms with Crippen LogP contribution in [0.1, 0.15) is 18.4 Å². The predicted octanol–water partition coefficient (Wildman–Crippen LogP) is 1.68. The maximum absolute atomic E-state index is 12.1. The van der Waals surface area contributed by atoms with Gasteiger partial charge in [0, 0.05) is 22.7 Å². The molecule has 0 radical (unpaired) electrons. The van der Waals surface area contributed by atoms with Crippen molar-refractivity contribution in [1.82, 2.24) is 4.90 Å². The molecule has 0 bridgehead atoms. The number of anilines is 1. The SMILES string of the molecule is Cc1cc(NC(=O)C(=O)N(CCO)C2CC2)ccc1Br. The molecule has 2 N–H and O–H groups in total. The van der Waals surface area contributed by atoms with Crippen molar-refractivity contribution in [3.8, 4) is 0 Å². The molecule has 0 heterocycles. The fourth-order valence-electron chi connectivity index (χ4n) is 1.98. The first-order valence-electron chi connectivity index (χ1n) is 6.52. The largest absolute Gasteiger partial charge is 0.395 e. The summed E-state index contributed by atoms with van der Waals surface area (Å²) in [6.07, 6.45) is 1.80. The molecule has 2 rings (SSSR count). The zero-order chi connectivity index (χ0) is 14.7. The first kappa shape index (κ1) is 15.0. The van der Waals surface area contributed by atoms with Gasteiger partial charge >= 0.3 is 11.8 Å². The van der Waals surface area contributed by atoms with Gasteiger partial charge in [-0.15, -0.1) is 0 Å². The third-order valence-electron chi connectivity index (χ3n) is 3.20. The molecule has 1 saturated carbocycles. The van der Waals surface area contributed by atoms with Crippen LogP contribution in [0.2, 0.25) is 0 Å². The lowest BCUT2D eigenvalue weighted by atomic mass is 10.2. The normalized spacial score (nSPS) is 13.9. The van der Waals surface area contributed by atoms with Crippen molar-refractivity contribution < 1.29 is 14.7 Å². The summed E-state index contributed by atoms with van der Waals surface area (Å²) >= 11 is 3.38. The highest BCUT2D eigenvalue weighted by molar-refractivity contribution is 9.10. The summed E-state index contributed by atoms with van der Waals surface area (Å²) in [6.45, 7) is 1.98. The van der Waals surface area contributed by atoms with Crippen molar-refractivity contribution in [3.63, 3.8) is 0 Å². The van der Waals surface area contributed by atoms with Crippen LogP contribution in [-0.4, -0.2) is 41.0 Å². The van der Waals surface area contributed by atoms with E-state index in [1.807, 2.05) is 13.0 Å². The van der Waals surface area contributed by atoms with Crippen molar-refractivity contribution in [3.05, 3.63) is 28.2 Å². The van der Waals surface area contributed by atoms with Crippen LogP contribution < -0.4 is 5.32 Å². The van der Waals surface area contributed by atoms with Gasteiger partial charge in [0.25, 0.3) is 0 Å². The minimum atomic E-state index is -0.660. The number of aryl methyl sites for hydroxylation is 1. The quantitative estimate of drug-likeness (QED) is 0.819. The Morgan fingerprint density at radius 1 is 1.45 bits per heavy atom. The molecule has 0 saturated heterocycles. The molecular weight excluding hydrogens is 324 g/mol. The molecule has 1 aromatic carbocycles. The van der Waals surface area contributed by atoms with Crippen LogP contribution in [0.5, 0.6) is 0 Å². The average molecular weight is 341 g/mol. The molecule has 2 amide bonds. The van der Waals surface area contributed by atoms with E-state index in [0.29, 0.717) is 5.69 Å². The second-order valence-electron chi connectivity index (χ2n) is 4.87. The van der Waals surface area contributed by atoms with E-state index < -0.39 is 11.8 Å². The summed E-state index contributed by atoms with van der Waals surface area (Å²) in [7, 11) is 0. The molecule has 0 spiro atoms. The molecule has 0 aromatic heterocycles. The van der Waals surface area contributed by atoms with E-state index in [-0.39, 0.29) is 19.2 Å². The number of benzene rings is 1. The topological polar surface area (TPSA) is 69.6 Å². The van der Waals surface area contributed by atoms with Gasteiger partial charge in [-0.3, -0.25) is 9.59 Å². The summed E-state index contributed by atoms with van der Waals surface area (Å²) in [6, 6.07) is 5.45. The summed E-state index contributed by atoms with van der Waals surface area (Å²) in [4.78, 5) is 25.5. The van der Waals surface area contributed by atoms with E-state index in [9.17, 15) is 9.59 Å². The van der Waals surface area contributed by atoms with Crippen LogP contribution in [0.25, 0.3) is 0 Å². The molecule has 1 aliphatic rings. The van der Waals surface area contributed by atoms with Crippen LogP contribution >= 0.6 is 15.9 Å². The number of nitrogens with one attached hydrogen (secondary N) is 1. The molecular formula is C14H17BrN2O3. The Hall–Kier alpha value is -1.40. The van der Waals surface area contributed by atoms with Crippen LogP contribution in [0.4, 0.5) is 5.69 Å². The Morgan fingerprint density at radius 3 is 2.70 bits per heavy atom. The van der Waals surface area contributed by atoms with Crippen molar-refractivity contribution in [2.24, 2.45) is 0 Å².